The first-order valence-corrected chi connectivity index (χ1v) is 13.6. The van der Waals surface area contributed by atoms with Crippen LogP contribution in [0.3, 0.4) is 0 Å². The summed E-state index contributed by atoms with van der Waals surface area (Å²) < 4.78 is 7.48. The lowest BCUT2D eigenvalue weighted by Crippen LogP contribution is -2.27. The van der Waals surface area contributed by atoms with Gasteiger partial charge in [0, 0.05) is 34.9 Å². The van der Waals surface area contributed by atoms with Crippen molar-refractivity contribution in [3.8, 4) is 5.75 Å². The van der Waals surface area contributed by atoms with Crippen molar-refractivity contribution in [3.63, 3.8) is 0 Å². The molecule has 3 aromatic rings. The van der Waals surface area contributed by atoms with Gasteiger partial charge in [-0.25, -0.2) is 0 Å². The monoisotopic (exact) mass is 586 g/mol. The minimum Gasteiger partial charge on any atom is -0.488 e. The summed E-state index contributed by atoms with van der Waals surface area (Å²) in [6.45, 7) is 6.47. The third-order valence-corrected chi connectivity index (χ3v) is 8.14. The number of carbonyl (C=O) groups is 1. The van der Waals surface area contributed by atoms with E-state index in [-0.39, 0.29) is 5.91 Å². The topological polar surface area (TPSA) is 32.8 Å². The van der Waals surface area contributed by atoms with Gasteiger partial charge in [-0.15, -0.1) is 0 Å². The van der Waals surface area contributed by atoms with E-state index in [2.05, 4.69) is 40.7 Å². The van der Waals surface area contributed by atoms with Crippen molar-refractivity contribution in [2.75, 3.05) is 22.9 Å². The van der Waals surface area contributed by atoms with Crippen LogP contribution in [0.5, 0.6) is 5.75 Å². The van der Waals surface area contributed by atoms with Crippen LogP contribution in [0.4, 0.5) is 11.4 Å². The van der Waals surface area contributed by atoms with E-state index in [0.717, 1.165) is 40.1 Å². The summed E-state index contributed by atoms with van der Waals surface area (Å²) in [7, 11) is 0. The Morgan fingerprint density at radius 1 is 1.09 bits per heavy atom. The van der Waals surface area contributed by atoms with Crippen molar-refractivity contribution in [1.82, 2.24) is 0 Å². The van der Waals surface area contributed by atoms with Gasteiger partial charge in [-0.3, -0.25) is 9.69 Å². The number of rotatable bonds is 8. The second kappa shape index (κ2) is 11.6. The summed E-state index contributed by atoms with van der Waals surface area (Å²) in [5, 5.41) is 0.518. The van der Waals surface area contributed by atoms with Gasteiger partial charge in [0.05, 0.1) is 15.6 Å². The first-order valence-electron chi connectivity index (χ1n) is 11.2. The number of thioether (sulfide) groups is 1. The molecule has 0 radical (unpaired) electrons. The molecule has 3 aromatic carbocycles. The molecule has 0 saturated carbocycles. The molecule has 0 N–H and O–H groups in total. The Labute approximate surface area is 229 Å². The van der Waals surface area contributed by atoms with E-state index in [0.29, 0.717) is 26.5 Å². The number of benzene rings is 3. The highest BCUT2D eigenvalue weighted by Crippen LogP contribution is 2.39. The van der Waals surface area contributed by atoms with Crippen molar-refractivity contribution in [2.45, 2.75) is 20.5 Å². The highest BCUT2D eigenvalue weighted by molar-refractivity contribution is 9.10. The molecule has 1 heterocycles. The molecular formula is C27H24BrClN2O2S2. The lowest BCUT2D eigenvalue weighted by molar-refractivity contribution is -0.113. The van der Waals surface area contributed by atoms with Gasteiger partial charge in [0.25, 0.3) is 5.91 Å². The predicted molar refractivity (Wildman–Crippen MR) is 156 cm³/mol. The zero-order valence-corrected chi connectivity index (χ0v) is 23.3. The lowest BCUT2D eigenvalue weighted by Gasteiger charge is -2.22. The number of hydrogen-bond donors (Lipinski definition) is 0. The van der Waals surface area contributed by atoms with E-state index >= 15 is 0 Å². The lowest BCUT2D eigenvalue weighted by atomic mass is 10.1. The summed E-state index contributed by atoms with van der Waals surface area (Å²) >= 11 is 16.5. The van der Waals surface area contributed by atoms with Crippen LogP contribution in [0.1, 0.15) is 25.0 Å². The molecule has 1 aliphatic heterocycles. The van der Waals surface area contributed by atoms with Crippen LogP contribution in [-0.4, -0.2) is 23.3 Å². The molecular weight excluding hydrogens is 564 g/mol. The molecule has 180 valence electrons. The second-order valence-corrected chi connectivity index (χ2v) is 10.7. The summed E-state index contributed by atoms with van der Waals surface area (Å²) in [5.74, 6) is 0.537. The molecule has 4 nitrogen and oxygen atoms in total. The molecule has 0 unspecified atom stereocenters. The first-order chi connectivity index (χ1) is 16.9. The molecule has 1 fully saturated rings. The van der Waals surface area contributed by atoms with E-state index in [1.807, 2.05) is 54.6 Å². The minimum absolute atomic E-state index is 0.180. The smallest absolute Gasteiger partial charge is 0.270 e. The first kappa shape index (κ1) is 25.8. The van der Waals surface area contributed by atoms with Gasteiger partial charge in [0.15, 0.2) is 4.32 Å². The Morgan fingerprint density at radius 2 is 1.83 bits per heavy atom. The molecule has 1 aliphatic rings. The van der Waals surface area contributed by atoms with Crippen LogP contribution in [-0.2, 0) is 11.4 Å². The number of amides is 1. The van der Waals surface area contributed by atoms with Crippen LogP contribution in [0.25, 0.3) is 6.08 Å². The zero-order chi connectivity index (χ0) is 24.9. The molecule has 1 amide bonds. The maximum Gasteiger partial charge on any atom is 0.270 e. The van der Waals surface area contributed by atoms with E-state index < -0.39 is 0 Å². The molecule has 0 atom stereocenters. The summed E-state index contributed by atoms with van der Waals surface area (Å²) in [6, 6.07) is 21.5. The van der Waals surface area contributed by atoms with Gasteiger partial charge in [-0.2, -0.15) is 0 Å². The summed E-state index contributed by atoms with van der Waals surface area (Å²) in [6.07, 6.45) is 1.85. The van der Waals surface area contributed by atoms with E-state index in [4.69, 9.17) is 28.6 Å². The number of carbonyl (C=O) groups excluding carboxylic acids is 1. The quantitative estimate of drug-likeness (QED) is 0.197. The Morgan fingerprint density at radius 3 is 2.51 bits per heavy atom. The highest BCUT2D eigenvalue weighted by Gasteiger charge is 2.33. The number of halogens is 2. The molecule has 35 heavy (non-hydrogen) atoms. The molecule has 8 heteroatoms. The van der Waals surface area contributed by atoms with E-state index in [9.17, 15) is 4.79 Å². The van der Waals surface area contributed by atoms with Gasteiger partial charge in [-0.05, 0) is 71.7 Å². The Balaban J connectivity index is 1.67. The van der Waals surface area contributed by atoms with Crippen LogP contribution in [0, 0.1) is 0 Å². The normalized spacial score (nSPS) is 14.6. The van der Waals surface area contributed by atoms with Gasteiger partial charge >= 0.3 is 0 Å². The van der Waals surface area contributed by atoms with Crippen molar-refractivity contribution in [1.29, 1.82) is 0 Å². The average Bonchev–Trinajstić information content (AvgIpc) is 3.14. The van der Waals surface area contributed by atoms with Crippen LogP contribution in [0.15, 0.2) is 76.1 Å². The predicted octanol–water partition coefficient (Wildman–Crippen LogP) is 7.93. The zero-order valence-electron chi connectivity index (χ0n) is 19.3. The van der Waals surface area contributed by atoms with E-state index in [1.165, 1.54) is 16.7 Å². The number of thiocarbonyl (C=S) groups is 1. The van der Waals surface area contributed by atoms with Crippen LogP contribution < -0.4 is 14.5 Å². The molecule has 0 bridgehead atoms. The van der Waals surface area contributed by atoms with Crippen LogP contribution >= 0.6 is 51.5 Å². The Bertz CT molecular complexity index is 1280. The third-order valence-electron chi connectivity index (χ3n) is 5.60. The maximum absolute atomic E-state index is 13.3. The van der Waals surface area contributed by atoms with Gasteiger partial charge in [0.2, 0.25) is 0 Å². The number of anilines is 2. The largest absolute Gasteiger partial charge is 0.488 e. The standard InChI is InChI=1S/C27H24BrClN2O2S2/c1-3-30(4-2)20-11-10-19(24(16-20)33-17-18-8-6-5-7-9-18)14-25-26(32)31(27(34)35-25)21-12-13-22(28)23(29)15-21/h5-16H,3-4,17H2,1-2H3/b25-14+. The number of hydrogen-bond acceptors (Lipinski definition) is 5. The van der Waals surface area contributed by atoms with Gasteiger partial charge < -0.3 is 9.64 Å². The van der Waals surface area contributed by atoms with Gasteiger partial charge in [0.1, 0.15) is 12.4 Å². The SMILES string of the molecule is CCN(CC)c1ccc(/C=C2/SC(=S)N(c3ccc(Br)c(Cl)c3)C2=O)c(OCc2ccccc2)c1. The fourth-order valence-corrected chi connectivity index (χ4v) is 5.46. The minimum atomic E-state index is -0.180. The highest BCUT2D eigenvalue weighted by atomic mass is 79.9. The molecule has 0 aliphatic carbocycles. The third kappa shape index (κ3) is 5.92. The van der Waals surface area contributed by atoms with Crippen molar-refractivity contribution >= 4 is 79.2 Å². The summed E-state index contributed by atoms with van der Waals surface area (Å²) in [5.41, 5.74) is 3.62. The fourth-order valence-electron chi connectivity index (χ4n) is 3.74. The van der Waals surface area contributed by atoms with Gasteiger partial charge in [-0.1, -0.05) is 65.9 Å². The second-order valence-electron chi connectivity index (χ2n) is 7.78. The average molecular weight is 588 g/mol. The van der Waals surface area contributed by atoms with Crippen molar-refractivity contribution in [2.24, 2.45) is 0 Å². The number of ether oxygens (including phenoxy) is 1. The summed E-state index contributed by atoms with van der Waals surface area (Å²) in [4.78, 5) is 17.6. The maximum atomic E-state index is 13.3. The Kier molecular flexibility index (Phi) is 8.55. The molecule has 0 spiro atoms. The van der Waals surface area contributed by atoms with Crippen molar-refractivity contribution in [3.05, 3.63) is 92.3 Å². The van der Waals surface area contributed by atoms with E-state index in [1.54, 1.807) is 12.1 Å². The molecule has 4 rings (SSSR count). The van der Waals surface area contributed by atoms with Crippen molar-refractivity contribution < 1.29 is 9.53 Å². The number of nitrogens with zero attached hydrogens (tertiary/aromatic N) is 2. The fraction of sp³-hybridized carbons (Fsp3) is 0.185. The molecule has 0 aromatic heterocycles. The Hall–Kier alpha value is -2.32. The van der Waals surface area contributed by atoms with Crippen LogP contribution in [0.2, 0.25) is 5.02 Å². The molecule has 1 saturated heterocycles.